The minimum atomic E-state index is -0.219. The highest BCUT2D eigenvalue weighted by molar-refractivity contribution is 7.09. The van der Waals surface area contributed by atoms with Crippen molar-refractivity contribution in [2.45, 2.75) is 56.9 Å². The van der Waals surface area contributed by atoms with Crippen LogP contribution in [0.2, 0.25) is 5.28 Å². The summed E-state index contributed by atoms with van der Waals surface area (Å²) in [4.78, 5) is 24.8. The number of ether oxygens (including phenoxy) is 1. The molecule has 6 nitrogen and oxygen atoms in total. The van der Waals surface area contributed by atoms with Crippen molar-refractivity contribution in [1.82, 2.24) is 19.4 Å². The minimum Gasteiger partial charge on any atom is -0.448 e. The van der Waals surface area contributed by atoms with Crippen molar-refractivity contribution >= 4 is 35.1 Å². The Kier molecular flexibility index (Phi) is 6.95. The first-order chi connectivity index (χ1) is 20.0. The van der Waals surface area contributed by atoms with Crippen molar-refractivity contribution in [3.8, 4) is 11.1 Å². The summed E-state index contributed by atoms with van der Waals surface area (Å²) in [6.07, 6.45) is 6.78. The standard InChI is InChI=1S/C33H33ClN4O2S/c1-20(2)38-29-13-7-12-26(30(29)36-32(38)34)31-35-28(19-41-31)21-14-16-37(17-15-21)33(39)40-18-27-24-10-5-3-8-22(24)23-9-4-6-11-25(23)27/h3-11,13,19-21,26-27H,12,14-18H2,1-2H3. The Hall–Kier alpha value is -3.42. The van der Waals surface area contributed by atoms with Crippen LogP contribution >= 0.6 is 22.9 Å². The lowest BCUT2D eigenvalue weighted by atomic mass is 9.93. The Morgan fingerprint density at radius 1 is 1.05 bits per heavy atom. The number of hydrogen-bond acceptors (Lipinski definition) is 5. The van der Waals surface area contributed by atoms with Gasteiger partial charge in [0.15, 0.2) is 0 Å². The van der Waals surface area contributed by atoms with Gasteiger partial charge in [0.25, 0.3) is 0 Å². The van der Waals surface area contributed by atoms with Crippen LogP contribution in [0.25, 0.3) is 17.2 Å². The van der Waals surface area contributed by atoms with Gasteiger partial charge >= 0.3 is 6.09 Å². The van der Waals surface area contributed by atoms with Crippen molar-refractivity contribution in [3.63, 3.8) is 0 Å². The molecule has 7 rings (SSSR count). The fraction of sp³-hybridized carbons (Fsp3) is 0.364. The highest BCUT2D eigenvalue weighted by Gasteiger charge is 2.33. The number of likely N-dealkylation sites (tertiary alicyclic amines) is 1. The van der Waals surface area contributed by atoms with E-state index in [0.29, 0.717) is 30.9 Å². The van der Waals surface area contributed by atoms with E-state index in [-0.39, 0.29) is 24.0 Å². The Labute approximate surface area is 249 Å². The number of aromatic nitrogens is 3. The highest BCUT2D eigenvalue weighted by Crippen LogP contribution is 2.45. The van der Waals surface area contributed by atoms with E-state index < -0.39 is 0 Å². The van der Waals surface area contributed by atoms with Crippen molar-refractivity contribution in [1.29, 1.82) is 0 Å². The summed E-state index contributed by atoms with van der Waals surface area (Å²) in [5.74, 6) is 0.550. The van der Waals surface area contributed by atoms with Gasteiger partial charge in [-0.15, -0.1) is 11.3 Å². The lowest BCUT2D eigenvalue weighted by Crippen LogP contribution is -2.38. The normalized spacial score (nSPS) is 18.4. The number of halogens is 1. The molecule has 2 aromatic heterocycles. The van der Waals surface area contributed by atoms with E-state index >= 15 is 0 Å². The molecule has 2 aromatic carbocycles. The molecule has 0 saturated carbocycles. The van der Waals surface area contributed by atoms with Gasteiger partial charge in [-0.05, 0) is 73.0 Å². The number of thiazole rings is 1. The maximum absolute atomic E-state index is 13.1. The maximum atomic E-state index is 13.1. The predicted octanol–water partition coefficient (Wildman–Crippen LogP) is 8.25. The molecular weight excluding hydrogens is 552 g/mol. The fourth-order valence-electron chi connectivity index (χ4n) is 6.68. The van der Waals surface area contributed by atoms with Crippen LogP contribution in [0, 0.1) is 0 Å². The Bertz CT molecular complexity index is 1590. The number of piperidine rings is 1. The Morgan fingerprint density at radius 3 is 2.41 bits per heavy atom. The predicted molar refractivity (Wildman–Crippen MR) is 164 cm³/mol. The third-order valence-electron chi connectivity index (χ3n) is 8.77. The highest BCUT2D eigenvalue weighted by atomic mass is 35.5. The van der Waals surface area contributed by atoms with Gasteiger partial charge in [0, 0.05) is 36.3 Å². The van der Waals surface area contributed by atoms with Gasteiger partial charge < -0.3 is 14.2 Å². The largest absolute Gasteiger partial charge is 0.448 e. The number of allylic oxidation sites excluding steroid dienone is 1. The summed E-state index contributed by atoms with van der Waals surface area (Å²) in [5, 5.41) is 3.83. The monoisotopic (exact) mass is 584 g/mol. The van der Waals surface area contributed by atoms with Gasteiger partial charge in [-0.1, -0.05) is 54.6 Å². The van der Waals surface area contributed by atoms with Crippen molar-refractivity contribution in [2.24, 2.45) is 0 Å². The smallest absolute Gasteiger partial charge is 0.409 e. The van der Waals surface area contributed by atoms with Gasteiger partial charge in [-0.2, -0.15) is 0 Å². The number of rotatable bonds is 5. The van der Waals surface area contributed by atoms with Gasteiger partial charge in [0.2, 0.25) is 5.28 Å². The summed E-state index contributed by atoms with van der Waals surface area (Å²) in [5.41, 5.74) is 8.19. The maximum Gasteiger partial charge on any atom is 0.409 e. The number of carbonyl (C=O) groups excluding carboxylic acids is 1. The molecule has 3 aliphatic rings. The molecule has 41 heavy (non-hydrogen) atoms. The lowest BCUT2D eigenvalue weighted by molar-refractivity contribution is 0.0902. The second-order valence-corrected chi connectivity index (χ2v) is 12.7. The molecule has 1 saturated heterocycles. The van der Waals surface area contributed by atoms with Gasteiger partial charge in [-0.3, -0.25) is 0 Å². The van der Waals surface area contributed by atoms with Crippen molar-refractivity contribution in [2.75, 3.05) is 19.7 Å². The van der Waals surface area contributed by atoms with Crippen LogP contribution < -0.4 is 0 Å². The second kappa shape index (κ2) is 10.8. The molecule has 0 N–H and O–H groups in total. The molecule has 0 bridgehead atoms. The van der Waals surface area contributed by atoms with E-state index in [1.54, 1.807) is 11.3 Å². The Morgan fingerprint density at radius 2 is 1.73 bits per heavy atom. The first-order valence-electron chi connectivity index (χ1n) is 14.5. The lowest BCUT2D eigenvalue weighted by Gasteiger charge is -2.31. The van der Waals surface area contributed by atoms with E-state index in [1.165, 1.54) is 22.3 Å². The minimum absolute atomic E-state index is 0.0780. The number of hydrogen-bond donors (Lipinski definition) is 0. The van der Waals surface area contributed by atoms with Crippen molar-refractivity contribution < 1.29 is 9.53 Å². The summed E-state index contributed by atoms with van der Waals surface area (Å²) < 4.78 is 8.00. The Balaban J connectivity index is 0.981. The van der Waals surface area contributed by atoms with Gasteiger partial charge in [0.1, 0.15) is 11.6 Å². The van der Waals surface area contributed by atoms with Crippen molar-refractivity contribution in [3.05, 3.63) is 98.5 Å². The van der Waals surface area contributed by atoms with Crippen LogP contribution in [-0.4, -0.2) is 45.2 Å². The molecular formula is C33H33ClN4O2S. The van der Waals surface area contributed by atoms with Crippen LogP contribution in [0.15, 0.2) is 60.0 Å². The van der Waals surface area contributed by atoms with Crippen LogP contribution in [-0.2, 0) is 4.74 Å². The summed E-state index contributed by atoms with van der Waals surface area (Å²) in [7, 11) is 0. The van der Waals surface area contributed by atoms with E-state index in [2.05, 4.69) is 84.5 Å². The molecule has 1 amide bonds. The number of fused-ring (bicyclic) bond motifs is 4. The third-order valence-corrected chi connectivity index (χ3v) is 10.0. The quantitative estimate of drug-likeness (QED) is 0.237. The number of imidazole rings is 1. The topological polar surface area (TPSA) is 60.2 Å². The molecule has 0 radical (unpaired) electrons. The molecule has 1 fully saturated rings. The molecule has 8 heteroatoms. The first-order valence-corrected chi connectivity index (χ1v) is 15.7. The molecule has 4 aromatic rings. The van der Waals surface area contributed by atoms with Gasteiger partial charge in [-0.25, -0.2) is 14.8 Å². The zero-order valence-corrected chi connectivity index (χ0v) is 24.9. The van der Waals surface area contributed by atoms with Crippen LogP contribution in [0.1, 0.15) is 90.1 Å². The zero-order valence-electron chi connectivity index (χ0n) is 23.3. The zero-order chi connectivity index (χ0) is 28.1. The molecule has 3 heterocycles. The second-order valence-electron chi connectivity index (χ2n) is 11.5. The molecule has 1 atom stereocenters. The van der Waals surface area contributed by atoms with E-state index in [1.807, 2.05) is 4.90 Å². The number of amides is 1. The average Bonchev–Trinajstić information content (AvgIpc) is 3.70. The molecule has 0 spiro atoms. The van der Waals surface area contributed by atoms with Crippen LogP contribution in [0.3, 0.4) is 0 Å². The van der Waals surface area contributed by atoms with Gasteiger partial charge in [0.05, 0.1) is 23.0 Å². The van der Waals surface area contributed by atoms with E-state index in [9.17, 15) is 4.79 Å². The number of benzene rings is 2. The number of carbonyl (C=O) groups is 1. The number of nitrogens with zero attached hydrogens (tertiary/aromatic N) is 4. The molecule has 1 unspecified atom stereocenters. The molecule has 1 aliphatic heterocycles. The summed E-state index contributed by atoms with van der Waals surface area (Å²) in [6.45, 7) is 5.97. The summed E-state index contributed by atoms with van der Waals surface area (Å²) in [6, 6.07) is 17.1. The third kappa shape index (κ3) is 4.69. The fourth-order valence-corrected chi connectivity index (χ4v) is 8.08. The van der Waals surface area contributed by atoms with Crippen LogP contribution in [0.4, 0.5) is 4.79 Å². The molecule has 2 aliphatic carbocycles. The molecule has 210 valence electrons. The summed E-state index contributed by atoms with van der Waals surface area (Å²) >= 11 is 8.22. The first kappa shape index (κ1) is 26.5. The average molecular weight is 585 g/mol. The SMILES string of the molecule is CC(C)n1c(Cl)nc2c1C=CCC2c1nc(C2CCN(C(=O)OCC3c4ccccc4-c4ccccc43)CC2)cs1. The van der Waals surface area contributed by atoms with E-state index in [0.717, 1.165) is 41.4 Å². The van der Waals surface area contributed by atoms with E-state index in [4.69, 9.17) is 26.3 Å². The van der Waals surface area contributed by atoms with Crippen LogP contribution in [0.5, 0.6) is 0 Å².